The second-order valence-electron chi connectivity index (χ2n) is 7.18. The molecule has 6 nitrogen and oxygen atoms in total. The molecular weight excluding hydrogens is 330 g/mol. The Kier molecular flexibility index (Phi) is 10.2. The fourth-order valence-corrected chi connectivity index (χ4v) is 2.78. The molecule has 0 saturated carbocycles. The van der Waals surface area contributed by atoms with Gasteiger partial charge in [-0.15, -0.1) is 0 Å². The van der Waals surface area contributed by atoms with E-state index < -0.39 is 0 Å². The summed E-state index contributed by atoms with van der Waals surface area (Å²) in [4.78, 5) is 4.71. The molecule has 2 N–H and O–H groups in total. The summed E-state index contributed by atoms with van der Waals surface area (Å²) in [7, 11) is 0. The smallest absolute Gasteiger partial charge is 0.191 e. The number of guanidine groups is 1. The first kappa shape index (κ1) is 20.8. The van der Waals surface area contributed by atoms with Crippen LogP contribution in [-0.2, 0) is 15.9 Å². The van der Waals surface area contributed by atoms with Gasteiger partial charge in [0, 0.05) is 39.3 Å². The topological polar surface area (TPSA) is 68.0 Å². The summed E-state index contributed by atoms with van der Waals surface area (Å²) in [6.45, 7) is 9.13. The van der Waals surface area contributed by atoms with Gasteiger partial charge in [-0.3, -0.25) is 4.99 Å². The molecule has 2 heterocycles. The number of hydrogen-bond acceptors (Lipinski definition) is 4. The van der Waals surface area contributed by atoms with Crippen molar-refractivity contribution in [3.8, 4) is 0 Å². The van der Waals surface area contributed by atoms with Gasteiger partial charge in [0.1, 0.15) is 5.76 Å². The van der Waals surface area contributed by atoms with Crippen LogP contribution in [0.25, 0.3) is 0 Å². The van der Waals surface area contributed by atoms with Crippen LogP contribution in [0.5, 0.6) is 0 Å². The summed E-state index contributed by atoms with van der Waals surface area (Å²) in [6.07, 6.45) is 7.27. The molecule has 0 bridgehead atoms. The van der Waals surface area contributed by atoms with E-state index in [4.69, 9.17) is 18.9 Å². The molecule has 1 aliphatic rings. The first-order valence-electron chi connectivity index (χ1n) is 9.98. The molecule has 0 aromatic carbocycles. The number of hydrogen-bond donors (Lipinski definition) is 2. The highest BCUT2D eigenvalue weighted by Crippen LogP contribution is 2.12. The molecule has 0 spiro atoms. The van der Waals surface area contributed by atoms with Gasteiger partial charge >= 0.3 is 0 Å². The minimum absolute atomic E-state index is 0.252. The molecule has 6 heteroatoms. The summed E-state index contributed by atoms with van der Waals surface area (Å²) in [5.74, 6) is 2.41. The lowest BCUT2D eigenvalue weighted by atomic mass is 10.1. The van der Waals surface area contributed by atoms with Crippen molar-refractivity contribution < 1.29 is 13.9 Å². The minimum Gasteiger partial charge on any atom is -0.469 e. The monoisotopic (exact) mass is 365 g/mol. The molecule has 0 amide bonds. The van der Waals surface area contributed by atoms with Gasteiger partial charge in [-0.25, -0.2) is 0 Å². The van der Waals surface area contributed by atoms with Crippen LogP contribution >= 0.6 is 0 Å². The zero-order chi connectivity index (χ0) is 18.5. The van der Waals surface area contributed by atoms with E-state index in [0.717, 1.165) is 63.9 Å². The van der Waals surface area contributed by atoms with Crippen molar-refractivity contribution in [1.82, 2.24) is 10.6 Å². The highest BCUT2D eigenvalue weighted by atomic mass is 16.5. The van der Waals surface area contributed by atoms with Crippen molar-refractivity contribution in [2.45, 2.75) is 52.1 Å². The van der Waals surface area contributed by atoms with E-state index in [0.29, 0.717) is 12.5 Å². The molecule has 1 unspecified atom stereocenters. The molecule has 26 heavy (non-hydrogen) atoms. The third kappa shape index (κ3) is 9.25. The van der Waals surface area contributed by atoms with Crippen LogP contribution in [0.3, 0.4) is 0 Å². The molecule has 1 aliphatic heterocycles. The molecule has 1 fully saturated rings. The zero-order valence-corrected chi connectivity index (χ0v) is 16.3. The molecule has 1 aromatic rings. The number of nitrogens with one attached hydrogen (secondary N) is 2. The Morgan fingerprint density at radius 1 is 1.31 bits per heavy atom. The van der Waals surface area contributed by atoms with Crippen LogP contribution in [0.4, 0.5) is 0 Å². The normalized spacial score (nSPS) is 18.3. The maximum absolute atomic E-state index is 5.77. The van der Waals surface area contributed by atoms with Crippen LogP contribution in [0.1, 0.15) is 45.3 Å². The first-order chi connectivity index (χ1) is 12.7. The maximum Gasteiger partial charge on any atom is 0.191 e. The van der Waals surface area contributed by atoms with Gasteiger partial charge in [0.2, 0.25) is 0 Å². The summed E-state index contributed by atoms with van der Waals surface area (Å²) in [5.41, 5.74) is 0. The predicted octanol–water partition coefficient (Wildman–Crippen LogP) is 2.99. The van der Waals surface area contributed by atoms with Crippen molar-refractivity contribution in [2.75, 3.05) is 39.5 Å². The van der Waals surface area contributed by atoms with E-state index in [9.17, 15) is 0 Å². The van der Waals surface area contributed by atoms with Crippen LogP contribution in [0.15, 0.2) is 27.8 Å². The Morgan fingerprint density at radius 2 is 2.19 bits per heavy atom. The summed E-state index contributed by atoms with van der Waals surface area (Å²) in [6, 6.07) is 3.91. The maximum atomic E-state index is 5.77. The van der Waals surface area contributed by atoms with Crippen LogP contribution in [0, 0.1) is 5.92 Å². The lowest BCUT2D eigenvalue weighted by Crippen LogP contribution is -2.40. The van der Waals surface area contributed by atoms with Crippen molar-refractivity contribution >= 4 is 5.96 Å². The number of rotatable bonds is 11. The minimum atomic E-state index is 0.252. The Hall–Kier alpha value is -1.53. The molecule has 2 rings (SSSR count). The second-order valence-corrected chi connectivity index (χ2v) is 7.18. The van der Waals surface area contributed by atoms with Crippen LogP contribution in [0.2, 0.25) is 0 Å². The standard InChI is InChI=1S/C20H35N3O3/c1-17(2)16-24-12-6-10-21-20(22-11-9-18-8-5-14-25-18)23-15-19-7-3-4-13-26-19/h5,8,14,17,19H,3-4,6-7,9-13,15-16H2,1-2H3,(H2,21,22,23). The second kappa shape index (κ2) is 12.8. The third-order valence-electron chi connectivity index (χ3n) is 4.18. The number of aliphatic imine (C=N–C) groups is 1. The molecule has 1 atom stereocenters. The van der Waals surface area contributed by atoms with Crippen LogP contribution in [-0.4, -0.2) is 51.5 Å². The average Bonchev–Trinajstić information content (AvgIpc) is 3.16. The SMILES string of the molecule is CC(C)COCCCNC(=NCC1CCCCO1)NCCc1ccco1. The van der Waals surface area contributed by atoms with E-state index in [1.807, 2.05) is 12.1 Å². The highest BCUT2D eigenvalue weighted by Gasteiger charge is 2.13. The van der Waals surface area contributed by atoms with Crippen molar-refractivity contribution in [1.29, 1.82) is 0 Å². The largest absolute Gasteiger partial charge is 0.469 e. The average molecular weight is 366 g/mol. The molecule has 0 radical (unpaired) electrons. The molecule has 1 aromatic heterocycles. The lowest BCUT2D eigenvalue weighted by molar-refractivity contribution is 0.0224. The quantitative estimate of drug-likeness (QED) is 0.358. The fourth-order valence-electron chi connectivity index (χ4n) is 2.78. The lowest BCUT2D eigenvalue weighted by Gasteiger charge is -2.21. The predicted molar refractivity (Wildman–Crippen MR) is 105 cm³/mol. The van der Waals surface area contributed by atoms with Crippen molar-refractivity contribution in [3.63, 3.8) is 0 Å². The first-order valence-corrected chi connectivity index (χ1v) is 9.98. The molecular formula is C20H35N3O3. The molecule has 0 aliphatic carbocycles. The summed E-state index contributed by atoms with van der Waals surface area (Å²) < 4.78 is 16.8. The van der Waals surface area contributed by atoms with E-state index >= 15 is 0 Å². The Balaban J connectivity index is 1.70. The Morgan fingerprint density at radius 3 is 2.92 bits per heavy atom. The van der Waals surface area contributed by atoms with Crippen molar-refractivity contribution in [2.24, 2.45) is 10.9 Å². The van der Waals surface area contributed by atoms with E-state index in [1.54, 1.807) is 6.26 Å². The fraction of sp³-hybridized carbons (Fsp3) is 0.750. The highest BCUT2D eigenvalue weighted by molar-refractivity contribution is 5.79. The van der Waals surface area contributed by atoms with Gasteiger partial charge in [-0.2, -0.15) is 0 Å². The van der Waals surface area contributed by atoms with Crippen LogP contribution < -0.4 is 10.6 Å². The van der Waals surface area contributed by atoms with E-state index in [1.165, 1.54) is 12.8 Å². The zero-order valence-electron chi connectivity index (χ0n) is 16.3. The van der Waals surface area contributed by atoms with Gasteiger partial charge in [0.05, 0.1) is 18.9 Å². The van der Waals surface area contributed by atoms with Crippen molar-refractivity contribution in [3.05, 3.63) is 24.2 Å². The van der Waals surface area contributed by atoms with Gasteiger partial charge in [-0.1, -0.05) is 13.8 Å². The van der Waals surface area contributed by atoms with E-state index in [2.05, 4.69) is 24.5 Å². The van der Waals surface area contributed by atoms with Gasteiger partial charge in [-0.05, 0) is 43.7 Å². The van der Waals surface area contributed by atoms with Gasteiger partial charge in [0.25, 0.3) is 0 Å². The number of furan rings is 1. The number of nitrogens with zero attached hydrogens (tertiary/aromatic N) is 1. The number of ether oxygens (including phenoxy) is 2. The van der Waals surface area contributed by atoms with Gasteiger partial charge in [0.15, 0.2) is 5.96 Å². The van der Waals surface area contributed by atoms with Gasteiger partial charge < -0.3 is 24.5 Å². The summed E-state index contributed by atoms with van der Waals surface area (Å²) in [5, 5.41) is 6.79. The van der Waals surface area contributed by atoms with E-state index in [-0.39, 0.29) is 6.10 Å². The Bertz CT molecular complexity index is 483. The summed E-state index contributed by atoms with van der Waals surface area (Å²) >= 11 is 0. The molecule has 1 saturated heterocycles. The third-order valence-corrected chi connectivity index (χ3v) is 4.18. The molecule has 148 valence electrons. The Labute approximate surface area is 157 Å².